The molecule has 1 amide bonds. The number of thiophene rings is 1. The molecule has 2 aromatic carbocycles. The number of ether oxygens (including phenoxy) is 1. The highest BCUT2D eigenvalue weighted by Gasteiger charge is 2.46. The highest BCUT2D eigenvalue weighted by atomic mass is 32.1. The normalized spacial score (nSPS) is 17.7. The van der Waals surface area contributed by atoms with Crippen LogP contribution in [0.25, 0.3) is 5.76 Å². The first-order chi connectivity index (χ1) is 15.9. The molecule has 6 heteroatoms. The number of hydrogen-bond acceptors (Lipinski definition) is 5. The van der Waals surface area contributed by atoms with E-state index in [1.165, 1.54) is 11.3 Å². The van der Waals surface area contributed by atoms with Gasteiger partial charge in [-0.25, -0.2) is 0 Å². The molecule has 1 fully saturated rings. The molecule has 33 heavy (non-hydrogen) atoms. The third kappa shape index (κ3) is 4.71. The van der Waals surface area contributed by atoms with E-state index in [1.54, 1.807) is 23.1 Å². The molecule has 1 aromatic heterocycles. The van der Waals surface area contributed by atoms with Gasteiger partial charge in [0.15, 0.2) is 0 Å². The van der Waals surface area contributed by atoms with Crippen LogP contribution in [0.4, 0.5) is 0 Å². The summed E-state index contributed by atoms with van der Waals surface area (Å²) in [7, 11) is 0. The van der Waals surface area contributed by atoms with Gasteiger partial charge in [-0.2, -0.15) is 0 Å². The zero-order valence-electron chi connectivity index (χ0n) is 18.9. The lowest BCUT2D eigenvalue weighted by Gasteiger charge is -2.25. The number of nitrogens with zero attached hydrogens (tertiary/aromatic N) is 1. The van der Waals surface area contributed by atoms with Gasteiger partial charge in [-0.05, 0) is 53.6 Å². The predicted molar refractivity (Wildman–Crippen MR) is 130 cm³/mol. The van der Waals surface area contributed by atoms with Crippen LogP contribution >= 0.6 is 11.3 Å². The summed E-state index contributed by atoms with van der Waals surface area (Å²) in [6, 6.07) is 17.9. The van der Waals surface area contributed by atoms with E-state index in [0.717, 1.165) is 21.8 Å². The highest BCUT2D eigenvalue weighted by Crippen LogP contribution is 2.41. The number of aryl methyl sites for hydroxylation is 1. The predicted octanol–water partition coefficient (Wildman–Crippen LogP) is 5.71. The van der Waals surface area contributed by atoms with E-state index in [9.17, 15) is 14.7 Å². The zero-order chi connectivity index (χ0) is 23.5. The van der Waals surface area contributed by atoms with Crippen molar-refractivity contribution in [3.8, 4) is 5.75 Å². The Bertz CT molecular complexity index is 1180. The number of Topliss-reactive ketones (excluding diaryl/α,β-unsaturated/α-hetero) is 1. The number of hydrogen-bond donors (Lipinski definition) is 1. The van der Waals surface area contributed by atoms with Crippen LogP contribution in [-0.2, 0) is 16.1 Å². The van der Waals surface area contributed by atoms with Crippen molar-refractivity contribution in [2.24, 2.45) is 5.92 Å². The topological polar surface area (TPSA) is 66.8 Å². The Hall–Kier alpha value is -3.38. The molecule has 1 atom stereocenters. The van der Waals surface area contributed by atoms with Gasteiger partial charge >= 0.3 is 0 Å². The lowest BCUT2D eigenvalue weighted by atomic mass is 9.95. The molecule has 2 heterocycles. The number of aliphatic hydroxyl groups excluding tert-OH is 1. The maximum atomic E-state index is 13.1. The fourth-order valence-corrected chi connectivity index (χ4v) is 4.67. The summed E-state index contributed by atoms with van der Waals surface area (Å²) < 4.78 is 5.84. The molecule has 3 aromatic rings. The number of carbonyl (C=O) groups excluding carboxylic acids is 2. The summed E-state index contributed by atoms with van der Waals surface area (Å²) in [5.41, 5.74) is 2.23. The third-order valence-corrected chi connectivity index (χ3v) is 6.44. The summed E-state index contributed by atoms with van der Waals surface area (Å²) >= 11 is 1.53. The van der Waals surface area contributed by atoms with Gasteiger partial charge < -0.3 is 14.7 Å². The van der Waals surface area contributed by atoms with Crippen LogP contribution in [0, 0.1) is 12.8 Å². The maximum absolute atomic E-state index is 13.1. The second-order valence-electron chi connectivity index (χ2n) is 8.60. The van der Waals surface area contributed by atoms with Crippen molar-refractivity contribution in [2.75, 3.05) is 6.61 Å². The highest BCUT2D eigenvalue weighted by molar-refractivity contribution is 7.09. The van der Waals surface area contributed by atoms with Gasteiger partial charge in [-0.3, -0.25) is 9.59 Å². The monoisotopic (exact) mass is 461 g/mol. The van der Waals surface area contributed by atoms with Crippen molar-refractivity contribution in [3.05, 3.63) is 93.2 Å². The molecule has 0 bridgehead atoms. The smallest absolute Gasteiger partial charge is 0.295 e. The van der Waals surface area contributed by atoms with Crippen LogP contribution in [0.15, 0.2) is 71.6 Å². The Balaban J connectivity index is 1.77. The van der Waals surface area contributed by atoms with E-state index >= 15 is 0 Å². The average molecular weight is 462 g/mol. The molecule has 0 aliphatic carbocycles. The van der Waals surface area contributed by atoms with Gasteiger partial charge in [0.2, 0.25) is 0 Å². The SMILES string of the molecule is Cc1cc(/C(O)=C2/C(=O)C(=O)N(Cc3cccs3)C2c2ccccc2)ccc1OCC(C)C. The van der Waals surface area contributed by atoms with Crippen molar-refractivity contribution in [1.29, 1.82) is 0 Å². The molecule has 5 nitrogen and oxygen atoms in total. The molecular weight excluding hydrogens is 434 g/mol. The number of rotatable bonds is 7. The van der Waals surface area contributed by atoms with E-state index in [2.05, 4.69) is 13.8 Å². The van der Waals surface area contributed by atoms with Crippen LogP contribution in [-0.4, -0.2) is 28.3 Å². The molecule has 1 aliphatic rings. The quantitative estimate of drug-likeness (QED) is 0.278. The fraction of sp³-hybridized carbons (Fsp3) is 0.259. The van der Waals surface area contributed by atoms with Crippen LogP contribution < -0.4 is 4.74 Å². The Kier molecular flexibility index (Phi) is 6.65. The van der Waals surface area contributed by atoms with Crippen LogP contribution in [0.2, 0.25) is 0 Å². The summed E-state index contributed by atoms with van der Waals surface area (Å²) in [4.78, 5) is 28.7. The summed E-state index contributed by atoms with van der Waals surface area (Å²) in [6.07, 6.45) is 0. The zero-order valence-corrected chi connectivity index (χ0v) is 19.8. The summed E-state index contributed by atoms with van der Waals surface area (Å²) in [6.45, 7) is 6.95. The van der Waals surface area contributed by atoms with Gasteiger partial charge in [0.25, 0.3) is 11.7 Å². The first kappa shape index (κ1) is 22.8. The number of likely N-dealkylation sites (tertiary alicyclic amines) is 1. The van der Waals surface area contributed by atoms with Crippen molar-refractivity contribution in [1.82, 2.24) is 4.90 Å². The van der Waals surface area contributed by atoms with E-state index in [0.29, 0.717) is 24.6 Å². The number of amides is 1. The molecule has 1 aliphatic heterocycles. The van der Waals surface area contributed by atoms with Gasteiger partial charge in [-0.15, -0.1) is 11.3 Å². The number of aliphatic hydroxyl groups is 1. The van der Waals surface area contributed by atoms with E-state index < -0.39 is 17.7 Å². The van der Waals surface area contributed by atoms with Crippen LogP contribution in [0.5, 0.6) is 5.75 Å². The Morgan fingerprint density at radius 2 is 1.85 bits per heavy atom. The Morgan fingerprint density at radius 1 is 1.09 bits per heavy atom. The lowest BCUT2D eigenvalue weighted by Crippen LogP contribution is -2.28. The molecule has 4 rings (SSSR count). The average Bonchev–Trinajstić information content (AvgIpc) is 3.40. The fourth-order valence-electron chi connectivity index (χ4n) is 3.97. The third-order valence-electron chi connectivity index (χ3n) is 5.58. The molecule has 0 spiro atoms. The summed E-state index contributed by atoms with van der Waals surface area (Å²) in [5.74, 6) is -0.321. The number of ketones is 1. The standard InChI is InChI=1S/C27H27NO4S/c1-17(2)16-32-22-12-11-20(14-18(22)3)25(29)23-24(19-8-5-4-6-9-19)28(27(31)26(23)30)15-21-10-7-13-33-21/h4-14,17,24,29H,15-16H2,1-3H3/b25-23-. The van der Waals surface area contributed by atoms with Crippen LogP contribution in [0.3, 0.4) is 0 Å². The van der Waals surface area contributed by atoms with Gasteiger partial charge in [-0.1, -0.05) is 50.2 Å². The Labute approximate surface area is 197 Å². The van der Waals surface area contributed by atoms with Crippen molar-refractivity contribution in [3.63, 3.8) is 0 Å². The minimum atomic E-state index is -0.671. The minimum absolute atomic E-state index is 0.109. The number of carbonyl (C=O) groups is 2. The summed E-state index contributed by atoms with van der Waals surface area (Å²) in [5, 5.41) is 13.2. The minimum Gasteiger partial charge on any atom is -0.507 e. The number of benzene rings is 2. The molecule has 0 saturated carbocycles. The van der Waals surface area contributed by atoms with Crippen molar-refractivity contribution >= 4 is 28.8 Å². The van der Waals surface area contributed by atoms with Gasteiger partial charge in [0, 0.05) is 10.4 Å². The van der Waals surface area contributed by atoms with E-state index in [-0.39, 0.29) is 11.3 Å². The van der Waals surface area contributed by atoms with E-state index in [4.69, 9.17) is 4.74 Å². The van der Waals surface area contributed by atoms with Crippen molar-refractivity contribution in [2.45, 2.75) is 33.4 Å². The van der Waals surface area contributed by atoms with E-state index in [1.807, 2.05) is 54.8 Å². The van der Waals surface area contributed by atoms with Gasteiger partial charge in [0.1, 0.15) is 11.5 Å². The van der Waals surface area contributed by atoms with Crippen molar-refractivity contribution < 1.29 is 19.4 Å². The molecular formula is C27H27NO4S. The molecule has 170 valence electrons. The molecule has 1 saturated heterocycles. The second kappa shape index (κ2) is 9.63. The second-order valence-corrected chi connectivity index (χ2v) is 9.63. The van der Waals surface area contributed by atoms with Crippen LogP contribution in [0.1, 0.15) is 41.5 Å². The molecule has 0 radical (unpaired) electrons. The largest absolute Gasteiger partial charge is 0.507 e. The molecule has 1 unspecified atom stereocenters. The van der Waals surface area contributed by atoms with Gasteiger partial charge in [0.05, 0.1) is 24.8 Å². The molecule has 1 N–H and O–H groups in total. The maximum Gasteiger partial charge on any atom is 0.295 e. The first-order valence-electron chi connectivity index (χ1n) is 11.0. The Morgan fingerprint density at radius 3 is 2.48 bits per heavy atom. The first-order valence-corrected chi connectivity index (χ1v) is 11.8. The lowest BCUT2D eigenvalue weighted by molar-refractivity contribution is -0.140.